The van der Waals surface area contributed by atoms with Crippen LogP contribution in [-0.2, 0) is 9.59 Å². The van der Waals surface area contributed by atoms with E-state index in [1.807, 2.05) is 6.92 Å². The highest BCUT2D eigenvalue weighted by Gasteiger charge is 2.37. The molecule has 1 aliphatic carbocycles. The van der Waals surface area contributed by atoms with Crippen LogP contribution < -0.4 is 5.32 Å². The Balaban J connectivity index is 1.46. The molecule has 0 aromatic heterocycles. The predicted octanol–water partition coefficient (Wildman–Crippen LogP) is 1.79. The molecule has 0 aromatic carbocycles. The Hall–Kier alpha value is -1.36. The summed E-state index contributed by atoms with van der Waals surface area (Å²) in [6.45, 7) is 10.1. The van der Waals surface area contributed by atoms with Crippen molar-refractivity contribution in [1.29, 1.82) is 0 Å². The minimum atomic E-state index is 0.101. The smallest absolute Gasteiger partial charge is 0.225 e. The summed E-state index contributed by atoms with van der Waals surface area (Å²) in [5.74, 6) is 0.982. The van der Waals surface area contributed by atoms with Gasteiger partial charge in [-0.2, -0.15) is 0 Å². The van der Waals surface area contributed by atoms with Gasteiger partial charge in [0.15, 0.2) is 0 Å². The summed E-state index contributed by atoms with van der Waals surface area (Å²) in [6.07, 6.45) is 6.36. The van der Waals surface area contributed by atoms with Crippen LogP contribution in [0.5, 0.6) is 0 Å². The molecule has 24 heavy (non-hydrogen) atoms. The first-order valence-electron chi connectivity index (χ1n) is 9.49. The molecule has 2 saturated heterocycles. The van der Waals surface area contributed by atoms with E-state index in [2.05, 4.69) is 21.7 Å². The monoisotopic (exact) mass is 333 g/mol. The Labute approximate surface area is 145 Å². The zero-order valence-corrected chi connectivity index (χ0v) is 14.9. The first-order valence-corrected chi connectivity index (χ1v) is 9.49. The van der Waals surface area contributed by atoms with Gasteiger partial charge in [0.05, 0.1) is 5.92 Å². The van der Waals surface area contributed by atoms with E-state index >= 15 is 0 Å². The Morgan fingerprint density at radius 2 is 1.75 bits per heavy atom. The molecular weight excluding hydrogens is 302 g/mol. The van der Waals surface area contributed by atoms with Crippen LogP contribution in [0.2, 0.25) is 0 Å². The van der Waals surface area contributed by atoms with Crippen molar-refractivity contribution in [2.24, 2.45) is 11.8 Å². The molecule has 1 saturated carbocycles. The van der Waals surface area contributed by atoms with E-state index in [4.69, 9.17) is 0 Å². The molecule has 2 amide bonds. The molecule has 0 aromatic rings. The first-order chi connectivity index (χ1) is 11.5. The third kappa shape index (κ3) is 4.38. The van der Waals surface area contributed by atoms with Crippen LogP contribution in [0.4, 0.5) is 0 Å². The maximum absolute atomic E-state index is 12.3. The lowest BCUT2D eigenvalue weighted by Gasteiger charge is -2.42. The van der Waals surface area contributed by atoms with Crippen molar-refractivity contribution in [3.8, 4) is 0 Å². The number of carbonyl (C=O) groups excluding carboxylic acids is 2. The van der Waals surface area contributed by atoms with E-state index in [1.165, 1.54) is 0 Å². The molecule has 2 aliphatic heterocycles. The highest BCUT2D eigenvalue weighted by Crippen LogP contribution is 2.32. The van der Waals surface area contributed by atoms with Gasteiger partial charge < -0.3 is 10.2 Å². The van der Waals surface area contributed by atoms with Gasteiger partial charge in [0, 0.05) is 38.1 Å². The molecule has 134 valence electrons. The summed E-state index contributed by atoms with van der Waals surface area (Å²) >= 11 is 0. The van der Waals surface area contributed by atoms with Crippen molar-refractivity contribution in [3.63, 3.8) is 0 Å². The third-order valence-electron chi connectivity index (χ3n) is 5.61. The van der Waals surface area contributed by atoms with Crippen LogP contribution in [0.3, 0.4) is 0 Å². The van der Waals surface area contributed by atoms with Crippen molar-refractivity contribution in [2.75, 3.05) is 32.7 Å². The van der Waals surface area contributed by atoms with Crippen LogP contribution in [0, 0.1) is 11.8 Å². The quantitative estimate of drug-likeness (QED) is 0.781. The molecule has 3 rings (SSSR count). The largest absolute Gasteiger partial charge is 0.352 e. The number of hydrogen-bond donors (Lipinski definition) is 1. The van der Waals surface area contributed by atoms with Gasteiger partial charge >= 0.3 is 0 Å². The zero-order valence-electron chi connectivity index (χ0n) is 14.9. The van der Waals surface area contributed by atoms with Crippen molar-refractivity contribution in [2.45, 2.75) is 51.5 Å². The van der Waals surface area contributed by atoms with Gasteiger partial charge in [-0.3, -0.25) is 14.5 Å². The topological polar surface area (TPSA) is 52.7 Å². The van der Waals surface area contributed by atoms with Crippen LogP contribution in [0.25, 0.3) is 0 Å². The second kappa shape index (κ2) is 7.68. The van der Waals surface area contributed by atoms with Crippen LogP contribution in [-0.4, -0.2) is 60.4 Å². The van der Waals surface area contributed by atoms with Crippen LogP contribution in [0.1, 0.15) is 45.4 Å². The molecule has 1 N–H and O–H groups in total. The summed E-state index contributed by atoms with van der Waals surface area (Å²) in [4.78, 5) is 29.0. The number of hydrogen-bond acceptors (Lipinski definition) is 3. The lowest BCUT2D eigenvalue weighted by molar-refractivity contribution is -0.134. The van der Waals surface area contributed by atoms with Gasteiger partial charge in [0.1, 0.15) is 0 Å². The fourth-order valence-electron chi connectivity index (χ4n) is 3.97. The maximum Gasteiger partial charge on any atom is 0.225 e. The van der Waals surface area contributed by atoms with Gasteiger partial charge in [-0.15, -0.1) is 0 Å². The number of nitrogens with one attached hydrogen (secondary N) is 1. The van der Waals surface area contributed by atoms with E-state index in [1.54, 1.807) is 0 Å². The molecule has 2 heterocycles. The average Bonchev–Trinajstić information content (AvgIpc) is 3.44. The molecule has 1 atom stereocenters. The Morgan fingerprint density at radius 1 is 1.04 bits per heavy atom. The van der Waals surface area contributed by atoms with Gasteiger partial charge in [0.25, 0.3) is 0 Å². The molecule has 0 radical (unpaired) electrons. The highest BCUT2D eigenvalue weighted by atomic mass is 16.2. The van der Waals surface area contributed by atoms with Crippen molar-refractivity contribution < 1.29 is 9.59 Å². The summed E-state index contributed by atoms with van der Waals surface area (Å²) in [7, 11) is 0. The molecule has 5 nitrogen and oxygen atoms in total. The summed E-state index contributed by atoms with van der Waals surface area (Å²) < 4.78 is 0. The summed E-state index contributed by atoms with van der Waals surface area (Å²) in [5.41, 5.74) is 0.990. The fourth-order valence-corrected chi connectivity index (χ4v) is 3.97. The normalized spacial score (nSPS) is 26.2. The second-order valence-corrected chi connectivity index (χ2v) is 7.84. The molecular formula is C19H31N3O2. The molecule has 1 unspecified atom stereocenters. The second-order valence-electron chi connectivity index (χ2n) is 7.84. The van der Waals surface area contributed by atoms with E-state index in [9.17, 15) is 9.59 Å². The molecule has 0 spiro atoms. The molecule has 0 bridgehead atoms. The predicted molar refractivity (Wildman–Crippen MR) is 94.4 cm³/mol. The number of piperidine rings is 2. The minimum absolute atomic E-state index is 0.101. The number of carbonyl (C=O) groups is 2. The number of nitrogens with zero attached hydrogens (tertiary/aromatic N) is 2. The Bertz CT molecular complexity index is 493. The number of rotatable bonds is 5. The third-order valence-corrected chi connectivity index (χ3v) is 5.61. The maximum atomic E-state index is 12.3. The van der Waals surface area contributed by atoms with Gasteiger partial charge in [-0.25, -0.2) is 0 Å². The van der Waals surface area contributed by atoms with E-state index in [0.29, 0.717) is 24.4 Å². The van der Waals surface area contributed by atoms with E-state index < -0.39 is 0 Å². The number of likely N-dealkylation sites (tertiary alicyclic amines) is 2. The van der Waals surface area contributed by atoms with Crippen molar-refractivity contribution in [1.82, 2.24) is 15.1 Å². The van der Waals surface area contributed by atoms with Gasteiger partial charge in [-0.05, 0) is 52.0 Å². The minimum Gasteiger partial charge on any atom is -0.352 e. The Morgan fingerprint density at radius 3 is 2.38 bits per heavy atom. The molecule has 5 heteroatoms. The summed E-state index contributed by atoms with van der Waals surface area (Å²) in [5, 5.41) is 3.00. The first kappa shape index (κ1) is 17.5. The van der Waals surface area contributed by atoms with E-state index in [0.717, 1.165) is 70.3 Å². The van der Waals surface area contributed by atoms with Crippen molar-refractivity contribution >= 4 is 11.8 Å². The molecule has 3 fully saturated rings. The lowest BCUT2D eigenvalue weighted by Crippen LogP contribution is -2.51. The molecule has 3 aliphatic rings. The number of amides is 2. The average molecular weight is 333 g/mol. The van der Waals surface area contributed by atoms with Crippen LogP contribution >= 0.6 is 0 Å². The van der Waals surface area contributed by atoms with Crippen molar-refractivity contribution in [3.05, 3.63) is 12.2 Å². The van der Waals surface area contributed by atoms with Gasteiger partial charge in [-0.1, -0.05) is 12.2 Å². The Kier molecular flexibility index (Phi) is 5.59. The fraction of sp³-hybridized carbons (Fsp3) is 0.789. The van der Waals surface area contributed by atoms with E-state index in [-0.39, 0.29) is 11.8 Å². The highest BCUT2D eigenvalue weighted by molar-refractivity contribution is 5.81. The summed E-state index contributed by atoms with van der Waals surface area (Å²) in [6, 6.07) is 0.532. The van der Waals surface area contributed by atoms with Gasteiger partial charge in [0.2, 0.25) is 11.8 Å². The lowest BCUT2D eigenvalue weighted by atomic mass is 9.93. The van der Waals surface area contributed by atoms with Crippen LogP contribution in [0.15, 0.2) is 12.2 Å². The SMILES string of the molecule is C=C(C)CNC(=O)C1CCCN(C2CCN(C(=O)C3CC3)CC2)C1. The standard InChI is InChI=1S/C19H31N3O2/c1-14(2)12-20-18(23)16-4-3-9-22(13-16)17-7-10-21(11-8-17)19(24)15-5-6-15/h15-17H,1,3-13H2,2H3,(H,20,23). The zero-order chi connectivity index (χ0) is 17.1.